The quantitative estimate of drug-likeness (QED) is 0.173. The summed E-state index contributed by atoms with van der Waals surface area (Å²) in [7, 11) is 0. The van der Waals surface area contributed by atoms with Crippen molar-refractivity contribution in [3.8, 4) is 11.3 Å². The average Bonchev–Trinajstić information content (AvgIpc) is 3.39. The fourth-order valence-corrected chi connectivity index (χ4v) is 4.92. The Bertz CT molecular complexity index is 1980. The summed E-state index contributed by atoms with van der Waals surface area (Å²) in [6.45, 7) is 5.58. The van der Waals surface area contributed by atoms with E-state index in [1.165, 1.54) is 17.4 Å². The molecule has 10 nitrogen and oxygen atoms in total. The third-order valence-corrected chi connectivity index (χ3v) is 7.21. The number of nitrogens with one attached hydrogen (secondary N) is 2. The van der Waals surface area contributed by atoms with Gasteiger partial charge >= 0.3 is 6.09 Å². The van der Waals surface area contributed by atoms with Crippen LogP contribution in [0.15, 0.2) is 102 Å². The van der Waals surface area contributed by atoms with E-state index in [9.17, 15) is 14.7 Å². The molecule has 3 heterocycles. The zero-order chi connectivity index (χ0) is 30.8. The van der Waals surface area contributed by atoms with Crippen molar-refractivity contribution in [3.63, 3.8) is 0 Å². The smallest absolute Gasteiger partial charge is 0.408 e. The first-order valence-corrected chi connectivity index (χ1v) is 14.0. The molecule has 0 spiro atoms. The zero-order valence-electron chi connectivity index (χ0n) is 24.4. The second-order valence-electron chi connectivity index (χ2n) is 11.3. The van der Waals surface area contributed by atoms with E-state index in [4.69, 9.17) is 4.42 Å². The maximum Gasteiger partial charge on any atom is 0.408 e. The van der Waals surface area contributed by atoms with Gasteiger partial charge in [0.25, 0.3) is 5.91 Å². The van der Waals surface area contributed by atoms with Crippen molar-refractivity contribution in [3.05, 3.63) is 109 Å². The number of anilines is 3. The van der Waals surface area contributed by atoms with E-state index >= 15 is 0 Å². The zero-order valence-corrected chi connectivity index (χ0v) is 24.4. The Hall–Kier alpha value is -5.77. The van der Waals surface area contributed by atoms with Crippen LogP contribution in [0.25, 0.3) is 33.2 Å². The third kappa shape index (κ3) is 5.91. The van der Waals surface area contributed by atoms with Crippen LogP contribution in [0, 0.1) is 0 Å². The Balaban J connectivity index is 1.12. The van der Waals surface area contributed by atoms with Crippen LogP contribution in [0.1, 0.15) is 36.8 Å². The molecule has 44 heavy (non-hydrogen) atoms. The van der Waals surface area contributed by atoms with Crippen LogP contribution in [0.3, 0.4) is 0 Å². The van der Waals surface area contributed by atoms with Crippen LogP contribution in [0.5, 0.6) is 0 Å². The van der Waals surface area contributed by atoms with E-state index in [1.807, 2.05) is 81.4 Å². The van der Waals surface area contributed by atoms with Crippen molar-refractivity contribution >= 4 is 51.1 Å². The summed E-state index contributed by atoms with van der Waals surface area (Å²) in [6, 6.07) is 26.4. The molecule has 2 amide bonds. The standard InChI is InChI=1S/C34H30N6O4/c1-34(2,3)40(33(42)43)19-24-12-11-21(18-35-24)32(41)39-23-15-13-22(14-16-23)38-30-17-28(36-20-37-30)27-9-6-8-26-25-7-4-5-10-29(25)44-31(26)27/h4-18,20H,19H2,1-3H3,(H,39,41)(H,42,43)(H,36,37,38). The van der Waals surface area contributed by atoms with Gasteiger partial charge in [-0.25, -0.2) is 14.8 Å². The van der Waals surface area contributed by atoms with E-state index in [2.05, 4.69) is 25.6 Å². The number of para-hydroxylation sites is 2. The van der Waals surface area contributed by atoms with Crippen LogP contribution in [-0.2, 0) is 6.54 Å². The number of furan rings is 1. The molecule has 0 unspecified atom stereocenters. The molecule has 3 aromatic carbocycles. The lowest BCUT2D eigenvalue weighted by molar-refractivity contribution is 0.0944. The second-order valence-corrected chi connectivity index (χ2v) is 11.3. The normalized spacial score (nSPS) is 11.4. The summed E-state index contributed by atoms with van der Waals surface area (Å²) in [5, 5.41) is 17.8. The van der Waals surface area contributed by atoms with E-state index in [0.717, 1.165) is 38.9 Å². The highest BCUT2D eigenvalue weighted by Crippen LogP contribution is 2.35. The van der Waals surface area contributed by atoms with Gasteiger partial charge in [-0.3, -0.25) is 14.7 Å². The molecular weight excluding hydrogens is 556 g/mol. The summed E-state index contributed by atoms with van der Waals surface area (Å²) in [5.74, 6) is 0.287. The first-order chi connectivity index (χ1) is 21.2. The van der Waals surface area contributed by atoms with E-state index in [0.29, 0.717) is 22.8 Å². The highest BCUT2D eigenvalue weighted by Gasteiger charge is 2.26. The maximum atomic E-state index is 12.8. The molecule has 6 rings (SSSR count). The van der Waals surface area contributed by atoms with Gasteiger partial charge in [0, 0.05) is 45.5 Å². The number of carbonyl (C=O) groups is 2. The molecule has 3 N–H and O–H groups in total. The maximum absolute atomic E-state index is 12.8. The highest BCUT2D eigenvalue weighted by atomic mass is 16.4. The van der Waals surface area contributed by atoms with Crippen molar-refractivity contribution in [1.82, 2.24) is 19.9 Å². The number of carboxylic acid groups (broad SMARTS) is 1. The monoisotopic (exact) mass is 586 g/mol. The number of hydrogen-bond acceptors (Lipinski definition) is 7. The second kappa shape index (κ2) is 11.5. The number of benzene rings is 3. The first kappa shape index (κ1) is 28.4. The van der Waals surface area contributed by atoms with Crippen LogP contribution in [-0.4, -0.2) is 42.5 Å². The van der Waals surface area contributed by atoms with Gasteiger partial charge in [-0.2, -0.15) is 0 Å². The Morgan fingerprint density at radius 3 is 2.34 bits per heavy atom. The van der Waals surface area contributed by atoms with Gasteiger partial charge in [-0.05, 0) is 69.3 Å². The molecular formula is C34H30N6O4. The highest BCUT2D eigenvalue weighted by molar-refractivity contribution is 6.09. The number of hydrogen-bond donors (Lipinski definition) is 3. The minimum absolute atomic E-state index is 0.124. The summed E-state index contributed by atoms with van der Waals surface area (Å²) in [4.78, 5) is 38.9. The van der Waals surface area contributed by atoms with Crippen molar-refractivity contribution in [2.45, 2.75) is 32.9 Å². The lowest BCUT2D eigenvalue weighted by Gasteiger charge is -2.32. The van der Waals surface area contributed by atoms with Gasteiger partial charge in [0.15, 0.2) is 0 Å². The van der Waals surface area contributed by atoms with Gasteiger partial charge in [0.2, 0.25) is 0 Å². The molecule has 0 saturated heterocycles. The van der Waals surface area contributed by atoms with Gasteiger partial charge in [0.1, 0.15) is 23.3 Å². The van der Waals surface area contributed by atoms with Crippen LogP contribution >= 0.6 is 0 Å². The molecule has 0 saturated carbocycles. The third-order valence-electron chi connectivity index (χ3n) is 7.21. The Labute approximate surface area is 253 Å². The number of aromatic nitrogens is 3. The number of pyridine rings is 1. The fraction of sp³-hybridized carbons (Fsp3) is 0.147. The van der Waals surface area contributed by atoms with Crippen molar-refractivity contribution in [2.24, 2.45) is 0 Å². The molecule has 0 bridgehead atoms. The molecule has 0 aliphatic carbocycles. The fourth-order valence-electron chi connectivity index (χ4n) is 4.92. The molecule has 0 fully saturated rings. The molecule has 3 aromatic heterocycles. The van der Waals surface area contributed by atoms with Gasteiger partial charge in [-0.1, -0.05) is 30.3 Å². The van der Waals surface area contributed by atoms with E-state index < -0.39 is 11.6 Å². The van der Waals surface area contributed by atoms with Crippen molar-refractivity contribution < 1.29 is 19.1 Å². The molecule has 6 aromatic rings. The average molecular weight is 587 g/mol. The first-order valence-electron chi connectivity index (χ1n) is 14.0. The van der Waals surface area contributed by atoms with Gasteiger partial charge in [0.05, 0.1) is 23.5 Å². The number of carbonyl (C=O) groups excluding carboxylic acids is 1. The molecule has 0 aliphatic heterocycles. The summed E-state index contributed by atoms with van der Waals surface area (Å²) >= 11 is 0. The van der Waals surface area contributed by atoms with Crippen LogP contribution < -0.4 is 10.6 Å². The molecule has 220 valence electrons. The summed E-state index contributed by atoms with van der Waals surface area (Å²) in [6.07, 6.45) is 1.93. The lowest BCUT2D eigenvalue weighted by atomic mass is 10.1. The Kier molecular flexibility index (Phi) is 7.40. The number of nitrogens with zero attached hydrogens (tertiary/aromatic N) is 4. The molecule has 0 atom stereocenters. The minimum Gasteiger partial charge on any atom is -0.465 e. The van der Waals surface area contributed by atoms with Crippen molar-refractivity contribution in [2.75, 3.05) is 10.6 Å². The largest absolute Gasteiger partial charge is 0.465 e. The Morgan fingerprint density at radius 2 is 1.61 bits per heavy atom. The molecule has 0 radical (unpaired) electrons. The minimum atomic E-state index is -1.03. The van der Waals surface area contributed by atoms with Crippen LogP contribution in [0.2, 0.25) is 0 Å². The predicted octanol–water partition coefficient (Wildman–Crippen LogP) is 7.71. The Morgan fingerprint density at radius 1 is 0.864 bits per heavy atom. The lowest BCUT2D eigenvalue weighted by Crippen LogP contribution is -2.44. The van der Waals surface area contributed by atoms with Gasteiger partial charge < -0.3 is 20.2 Å². The predicted molar refractivity (Wildman–Crippen MR) is 170 cm³/mol. The number of amides is 2. The molecule has 0 aliphatic rings. The molecule has 10 heteroatoms. The topological polar surface area (TPSA) is 133 Å². The number of rotatable bonds is 7. The summed E-state index contributed by atoms with van der Waals surface area (Å²) in [5.41, 5.74) is 4.92. The van der Waals surface area contributed by atoms with Crippen LogP contribution in [0.4, 0.5) is 22.0 Å². The summed E-state index contributed by atoms with van der Waals surface area (Å²) < 4.78 is 6.17. The van der Waals surface area contributed by atoms with Crippen molar-refractivity contribution in [1.29, 1.82) is 0 Å². The SMILES string of the molecule is CC(C)(C)N(Cc1ccc(C(=O)Nc2ccc(Nc3cc(-c4cccc5c4oc4ccccc45)ncn3)cc2)cn1)C(=O)O. The van der Waals surface area contributed by atoms with Gasteiger partial charge in [-0.15, -0.1) is 0 Å². The van der Waals surface area contributed by atoms with E-state index in [-0.39, 0.29) is 12.5 Å². The van der Waals surface area contributed by atoms with E-state index in [1.54, 1.807) is 24.3 Å². The number of fused-ring (bicyclic) bond motifs is 3.